The maximum atomic E-state index is 12.6. The standard InChI is InChI=1S/C20H21ClN2O2/c1-14-5-4-12-23(13-14)20(25)15-8-10-16(11-9-15)22-19(24)17-6-2-3-7-18(17)21/h2-3,6-11,14H,4-5,12-13H2,1H3,(H,22,24). The fourth-order valence-corrected chi connectivity index (χ4v) is 3.32. The SMILES string of the molecule is CC1CCCN(C(=O)c2ccc(NC(=O)c3ccccc3Cl)cc2)C1. The number of benzene rings is 2. The molecular formula is C20H21ClN2O2. The zero-order chi connectivity index (χ0) is 17.8. The van der Waals surface area contributed by atoms with E-state index >= 15 is 0 Å². The van der Waals surface area contributed by atoms with E-state index in [1.165, 1.54) is 6.42 Å². The van der Waals surface area contributed by atoms with Gasteiger partial charge in [-0.05, 0) is 55.2 Å². The lowest BCUT2D eigenvalue weighted by Crippen LogP contribution is -2.39. The second kappa shape index (κ2) is 7.70. The van der Waals surface area contributed by atoms with Crippen molar-refractivity contribution in [3.8, 4) is 0 Å². The van der Waals surface area contributed by atoms with Crippen molar-refractivity contribution < 1.29 is 9.59 Å². The number of carbonyl (C=O) groups excluding carboxylic acids is 2. The van der Waals surface area contributed by atoms with E-state index in [0.29, 0.717) is 27.8 Å². The maximum Gasteiger partial charge on any atom is 0.257 e. The van der Waals surface area contributed by atoms with E-state index < -0.39 is 0 Å². The van der Waals surface area contributed by atoms with Crippen molar-refractivity contribution in [3.05, 3.63) is 64.7 Å². The van der Waals surface area contributed by atoms with Gasteiger partial charge < -0.3 is 10.2 Å². The first-order chi connectivity index (χ1) is 12.0. The summed E-state index contributed by atoms with van der Waals surface area (Å²) >= 11 is 6.04. The molecule has 0 aliphatic carbocycles. The third-order valence-corrected chi connectivity index (χ3v) is 4.78. The number of anilines is 1. The Kier molecular flexibility index (Phi) is 5.39. The molecule has 2 amide bonds. The lowest BCUT2D eigenvalue weighted by atomic mass is 9.99. The highest BCUT2D eigenvalue weighted by Gasteiger charge is 2.22. The summed E-state index contributed by atoms with van der Waals surface area (Å²) in [5.74, 6) is 0.331. The fourth-order valence-electron chi connectivity index (χ4n) is 3.10. The van der Waals surface area contributed by atoms with Gasteiger partial charge in [0.25, 0.3) is 11.8 Å². The Morgan fingerprint density at radius 3 is 2.52 bits per heavy atom. The molecule has 3 rings (SSSR count). The minimum atomic E-state index is -0.269. The van der Waals surface area contributed by atoms with Crippen LogP contribution in [0.4, 0.5) is 5.69 Å². The van der Waals surface area contributed by atoms with Crippen LogP contribution in [0.2, 0.25) is 5.02 Å². The van der Waals surface area contributed by atoms with Crippen molar-refractivity contribution >= 4 is 29.1 Å². The summed E-state index contributed by atoms with van der Waals surface area (Å²) in [6.07, 6.45) is 2.23. The second-order valence-corrected chi connectivity index (χ2v) is 6.92. The number of carbonyl (C=O) groups is 2. The summed E-state index contributed by atoms with van der Waals surface area (Å²) in [6, 6.07) is 13.9. The van der Waals surface area contributed by atoms with Gasteiger partial charge in [-0.3, -0.25) is 9.59 Å². The molecule has 130 valence electrons. The molecule has 0 bridgehead atoms. The molecule has 2 aromatic rings. The van der Waals surface area contributed by atoms with Crippen LogP contribution in [0, 0.1) is 5.92 Å². The molecule has 4 nitrogen and oxygen atoms in total. The molecule has 1 N–H and O–H groups in total. The van der Waals surface area contributed by atoms with Crippen LogP contribution in [0.5, 0.6) is 0 Å². The van der Waals surface area contributed by atoms with Crippen LogP contribution in [0.25, 0.3) is 0 Å². The minimum Gasteiger partial charge on any atom is -0.338 e. The van der Waals surface area contributed by atoms with Gasteiger partial charge in [0.2, 0.25) is 0 Å². The molecule has 0 aromatic heterocycles. The normalized spacial score (nSPS) is 17.2. The molecule has 2 aromatic carbocycles. The first-order valence-electron chi connectivity index (χ1n) is 8.50. The largest absolute Gasteiger partial charge is 0.338 e. The van der Waals surface area contributed by atoms with Crippen LogP contribution in [0.15, 0.2) is 48.5 Å². The molecule has 5 heteroatoms. The van der Waals surface area contributed by atoms with Crippen molar-refractivity contribution in [1.29, 1.82) is 0 Å². The van der Waals surface area contributed by atoms with Gasteiger partial charge in [0.15, 0.2) is 0 Å². The molecule has 1 fully saturated rings. The number of hydrogen-bond donors (Lipinski definition) is 1. The van der Waals surface area contributed by atoms with E-state index in [2.05, 4.69) is 12.2 Å². The highest BCUT2D eigenvalue weighted by atomic mass is 35.5. The maximum absolute atomic E-state index is 12.6. The van der Waals surface area contributed by atoms with Gasteiger partial charge in [0, 0.05) is 24.3 Å². The van der Waals surface area contributed by atoms with Crippen LogP contribution >= 0.6 is 11.6 Å². The van der Waals surface area contributed by atoms with E-state index in [-0.39, 0.29) is 11.8 Å². The second-order valence-electron chi connectivity index (χ2n) is 6.51. The topological polar surface area (TPSA) is 49.4 Å². The number of nitrogens with one attached hydrogen (secondary N) is 1. The average Bonchev–Trinajstić information content (AvgIpc) is 2.62. The molecule has 1 atom stereocenters. The predicted octanol–water partition coefficient (Wildman–Crippen LogP) is 4.46. The Bertz CT molecular complexity index is 774. The van der Waals surface area contributed by atoms with Gasteiger partial charge in [-0.1, -0.05) is 30.7 Å². The lowest BCUT2D eigenvalue weighted by molar-refractivity contribution is 0.0683. The number of halogens is 1. The summed E-state index contributed by atoms with van der Waals surface area (Å²) in [6.45, 7) is 3.80. The fraction of sp³-hybridized carbons (Fsp3) is 0.300. The van der Waals surface area contributed by atoms with E-state index in [0.717, 1.165) is 19.5 Å². The summed E-state index contributed by atoms with van der Waals surface area (Å²) in [5, 5.41) is 3.21. The average molecular weight is 357 g/mol. The summed E-state index contributed by atoms with van der Waals surface area (Å²) in [7, 11) is 0. The minimum absolute atomic E-state index is 0.0514. The van der Waals surface area contributed by atoms with Crippen LogP contribution in [0.1, 0.15) is 40.5 Å². The van der Waals surface area contributed by atoms with Gasteiger partial charge in [-0.15, -0.1) is 0 Å². The molecule has 25 heavy (non-hydrogen) atoms. The van der Waals surface area contributed by atoms with E-state index in [4.69, 9.17) is 11.6 Å². The predicted molar refractivity (Wildman–Crippen MR) is 100 cm³/mol. The first kappa shape index (κ1) is 17.5. The summed E-state index contributed by atoms with van der Waals surface area (Å²) in [4.78, 5) is 26.7. The third-order valence-electron chi connectivity index (χ3n) is 4.45. The Morgan fingerprint density at radius 2 is 1.84 bits per heavy atom. The molecule has 0 radical (unpaired) electrons. The number of likely N-dealkylation sites (tertiary alicyclic amines) is 1. The molecule has 0 spiro atoms. The summed E-state index contributed by atoms with van der Waals surface area (Å²) < 4.78 is 0. The van der Waals surface area contributed by atoms with Gasteiger partial charge in [-0.25, -0.2) is 0 Å². The monoisotopic (exact) mass is 356 g/mol. The molecular weight excluding hydrogens is 336 g/mol. The number of hydrogen-bond acceptors (Lipinski definition) is 2. The zero-order valence-electron chi connectivity index (χ0n) is 14.2. The van der Waals surface area contributed by atoms with Gasteiger partial charge >= 0.3 is 0 Å². The first-order valence-corrected chi connectivity index (χ1v) is 8.87. The van der Waals surface area contributed by atoms with Crippen molar-refractivity contribution in [2.75, 3.05) is 18.4 Å². The number of amides is 2. The van der Waals surface area contributed by atoms with Gasteiger partial charge in [-0.2, -0.15) is 0 Å². The number of rotatable bonds is 3. The number of nitrogens with zero attached hydrogens (tertiary/aromatic N) is 1. The highest BCUT2D eigenvalue weighted by Crippen LogP contribution is 2.20. The van der Waals surface area contributed by atoms with Gasteiger partial charge in [0.05, 0.1) is 10.6 Å². The molecule has 1 aliphatic rings. The Labute approximate surface area is 152 Å². The quantitative estimate of drug-likeness (QED) is 0.882. The molecule has 1 heterocycles. The zero-order valence-corrected chi connectivity index (χ0v) is 14.9. The third kappa shape index (κ3) is 4.20. The van der Waals surface area contributed by atoms with Crippen molar-refractivity contribution in [1.82, 2.24) is 4.90 Å². The van der Waals surface area contributed by atoms with Crippen LogP contribution in [-0.2, 0) is 0 Å². The van der Waals surface area contributed by atoms with Crippen LogP contribution in [0.3, 0.4) is 0 Å². The van der Waals surface area contributed by atoms with Crippen molar-refractivity contribution in [3.63, 3.8) is 0 Å². The lowest BCUT2D eigenvalue weighted by Gasteiger charge is -2.31. The van der Waals surface area contributed by atoms with E-state index in [1.807, 2.05) is 4.90 Å². The molecule has 1 saturated heterocycles. The Balaban J connectivity index is 1.67. The molecule has 1 aliphatic heterocycles. The Hall–Kier alpha value is -2.33. The van der Waals surface area contributed by atoms with Crippen LogP contribution < -0.4 is 5.32 Å². The number of piperidine rings is 1. The van der Waals surface area contributed by atoms with E-state index in [9.17, 15) is 9.59 Å². The van der Waals surface area contributed by atoms with Crippen molar-refractivity contribution in [2.45, 2.75) is 19.8 Å². The Morgan fingerprint density at radius 1 is 1.12 bits per heavy atom. The smallest absolute Gasteiger partial charge is 0.257 e. The van der Waals surface area contributed by atoms with Gasteiger partial charge in [0.1, 0.15) is 0 Å². The highest BCUT2D eigenvalue weighted by molar-refractivity contribution is 6.34. The molecule has 1 unspecified atom stereocenters. The molecule has 0 saturated carbocycles. The van der Waals surface area contributed by atoms with Crippen LogP contribution in [-0.4, -0.2) is 29.8 Å². The summed E-state index contributed by atoms with van der Waals surface area (Å²) in [5.41, 5.74) is 1.70. The van der Waals surface area contributed by atoms with E-state index in [1.54, 1.807) is 48.5 Å². The van der Waals surface area contributed by atoms with Crippen molar-refractivity contribution in [2.24, 2.45) is 5.92 Å².